The Labute approximate surface area is 179 Å². The number of nitrogens with zero attached hydrogens (tertiary/aromatic N) is 2. The predicted octanol–water partition coefficient (Wildman–Crippen LogP) is 5.95. The number of carboxylic acids is 1. The van der Waals surface area contributed by atoms with Gasteiger partial charge in [-0.05, 0) is 57.2 Å². The van der Waals surface area contributed by atoms with Crippen molar-refractivity contribution in [2.75, 3.05) is 7.11 Å². The van der Waals surface area contributed by atoms with Gasteiger partial charge in [0.2, 0.25) is 0 Å². The molecule has 2 aromatic rings. The number of methoxy groups -OCH3 is 1. The summed E-state index contributed by atoms with van der Waals surface area (Å²) in [5.74, 6) is -0.581. The van der Waals surface area contributed by atoms with Crippen molar-refractivity contribution >= 4 is 17.6 Å². The first-order valence-corrected chi connectivity index (χ1v) is 10.7. The molecule has 0 aliphatic rings. The van der Waals surface area contributed by atoms with Gasteiger partial charge >= 0.3 is 5.97 Å². The van der Waals surface area contributed by atoms with Gasteiger partial charge in [-0.3, -0.25) is 0 Å². The van der Waals surface area contributed by atoms with E-state index in [9.17, 15) is 9.90 Å². The molecule has 0 saturated heterocycles. The van der Waals surface area contributed by atoms with Crippen LogP contribution in [-0.2, 0) is 17.6 Å². The van der Waals surface area contributed by atoms with E-state index >= 15 is 0 Å². The van der Waals surface area contributed by atoms with Crippen molar-refractivity contribution in [3.63, 3.8) is 0 Å². The maximum atomic E-state index is 12.1. The van der Waals surface area contributed by atoms with Crippen LogP contribution in [0, 0.1) is 5.92 Å². The molecule has 0 spiro atoms. The molecule has 0 amide bonds. The Morgan fingerprint density at radius 2 is 2.10 bits per heavy atom. The number of benzene rings is 1. The van der Waals surface area contributed by atoms with Crippen LogP contribution in [0.25, 0.3) is 5.69 Å². The third-order valence-corrected chi connectivity index (χ3v) is 5.61. The molecule has 0 bridgehead atoms. The second-order valence-corrected chi connectivity index (χ2v) is 8.82. The maximum Gasteiger partial charge on any atom is 0.339 e. The average Bonchev–Trinajstić information content (AvgIpc) is 3.00. The molecule has 0 aliphatic carbocycles. The largest absolute Gasteiger partial charge is 0.478 e. The van der Waals surface area contributed by atoms with Crippen LogP contribution < -0.4 is 0 Å². The van der Waals surface area contributed by atoms with Crippen LogP contribution in [0.4, 0.5) is 0 Å². The zero-order chi connectivity index (χ0) is 21.6. The van der Waals surface area contributed by atoms with Crippen LogP contribution >= 0.6 is 11.6 Å². The van der Waals surface area contributed by atoms with Gasteiger partial charge < -0.3 is 9.84 Å². The van der Waals surface area contributed by atoms with E-state index in [2.05, 4.69) is 20.8 Å². The van der Waals surface area contributed by atoms with Crippen molar-refractivity contribution < 1.29 is 14.6 Å². The minimum atomic E-state index is -0.913. The lowest BCUT2D eigenvalue weighted by atomic mass is 9.93. The molecule has 0 radical (unpaired) electrons. The Morgan fingerprint density at radius 3 is 2.69 bits per heavy atom. The molecule has 1 aromatic carbocycles. The lowest BCUT2D eigenvalue weighted by molar-refractivity contribution is 0.0127. The van der Waals surface area contributed by atoms with Gasteiger partial charge in [-0.1, -0.05) is 50.8 Å². The van der Waals surface area contributed by atoms with Gasteiger partial charge in [0, 0.05) is 12.1 Å². The SMILES string of the molecule is CCCc1c(C(=O)O)c(CC(C)CCCC(C)(C)OC)nn1-c1cccc(Cl)c1. The lowest BCUT2D eigenvalue weighted by Crippen LogP contribution is -2.22. The van der Waals surface area contributed by atoms with Gasteiger partial charge in [0.15, 0.2) is 0 Å². The number of aromatic nitrogens is 2. The van der Waals surface area contributed by atoms with Gasteiger partial charge in [-0.25, -0.2) is 9.48 Å². The molecule has 160 valence electrons. The Bertz CT molecular complexity index is 830. The molecule has 2 rings (SSSR count). The Balaban J connectivity index is 2.29. The summed E-state index contributed by atoms with van der Waals surface area (Å²) in [6.45, 7) is 8.37. The second kappa shape index (κ2) is 10.3. The number of halogens is 1. The zero-order valence-corrected chi connectivity index (χ0v) is 18.9. The van der Waals surface area contributed by atoms with E-state index in [0.29, 0.717) is 35.0 Å². The van der Waals surface area contributed by atoms with Crippen molar-refractivity contribution in [3.05, 3.63) is 46.2 Å². The molecule has 1 N–H and O–H groups in total. The highest BCUT2D eigenvalue weighted by Crippen LogP contribution is 2.26. The van der Waals surface area contributed by atoms with Crippen LogP contribution in [-0.4, -0.2) is 33.6 Å². The molecule has 5 nitrogen and oxygen atoms in total. The Kier molecular flexibility index (Phi) is 8.29. The van der Waals surface area contributed by atoms with Crippen molar-refractivity contribution in [2.45, 2.75) is 71.8 Å². The normalized spacial score (nSPS) is 12.9. The highest BCUT2D eigenvalue weighted by atomic mass is 35.5. The monoisotopic (exact) mass is 420 g/mol. The summed E-state index contributed by atoms with van der Waals surface area (Å²) in [4.78, 5) is 12.1. The number of carboxylic acid groups (broad SMARTS) is 1. The molecule has 0 fully saturated rings. The topological polar surface area (TPSA) is 64.3 Å². The first-order chi connectivity index (χ1) is 13.7. The van der Waals surface area contributed by atoms with Crippen LogP contribution in [0.3, 0.4) is 0 Å². The molecule has 1 unspecified atom stereocenters. The predicted molar refractivity (Wildman–Crippen MR) is 117 cm³/mol. The zero-order valence-electron chi connectivity index (χ0n) is 18.2. The number of hydrogen-bond donors (Lipinski definition) is 1. The fourth-order valence-corrected chi connectivity index (χ4v) is 3.78. The third-order valence-electron chi connectivity index (χ3n) is 5.38. The number of ether oxygens (including phenoxy) is 1. The van der Waals surface area contributed by atoms with Crippen LogP contribution in [0.1, 0.15) is 75.1 Å². The minimum absolute atomic E-state index is 0.131. The van der Waals surface area contributed by atoms with Crippen LogP contribution in [0.5, 0.6) is 0 Å². The fourth-order valence-electron chi connectivity index (χ4n) is 3.59. The molecule has 0 saturated carbocycles. The highest BCUT2D eigenvalue weighted by molar-refractivity contribution is 6.30. The minimum Gasteiger partial charge on any atom is -0.478 e. The third kappa shape index (κ3) is 6.31. The van der Waals surface area contributed by atoms with E-state index in [0.717, 1.165) is 37.1 Å². The molecule has 6 heteroatoms. The fraction of sp³-hybridized carbons (Fsp3) is 0.565. The summed E-state index contributed by atoms with van der Waals surface area (Å²) < 4.78 is 7.25. The van der Waals surface area contributed by atoms with Gasteiger partial charge in [-0.2, -0.15) is 5.10 Å². The van der Waals surface area contributed by atoms with Gasteiger partial charge in [0.25, 0.3) is 0 Å². The summed E-state index contributed by atoms with van der Waals surface area (Å²) in [7, 11) is 1.74. The summed E-state index contributed by atoms with van der Waals surface area (Å²) >= 11 is 6.16. The maximum absolute atomic E-state index is 12.1. The molecule has 29 heavy (non-hydrogen) atoms. The smallest absolute Gasteiger partial charge is 0.339 e. The van der Waals surface area contributed by atoms with Gasteiger partial charge in [0.1, 0.15) is 5.56 Å². The summed E-state index contributed by atoms with van der Waals surface area (Å²) in [5.41, 5.74) is 2.40. The van der Waals surface area contributed by atoms with E-state index in [1.54, 1.807) is 17.9 Å². The summed E-state index contributed by atoms with van der Waals surface area (Å²) in [5, 5.41) is 15.3. The van der Waals surface area contributed by atoms with Crippen LogP contribution in [0.2, 0.25) is 5.02 Å². The number of rotatable bonds is 11. The van der Waals surface area contributed by atoms with E-state index in [-0.39, 0.29) is 5.60 Å². The van der Waals surface area contributed by atoms with E-state index in [4.69, 9.17) is 21.4 Å². The Morgan fingerprint density at radius 1 is 1.38 bits per heavy atom. The average molecular weight is 421 g/mol. The summed E-state index contributed by atoms with van der Waals surface area (Å²) in [6, 6.07) is 7.38. The van der Waals surface area contributed by atoms with E-state index in [1.165, 1.54) is 0 Å². The molecule has 1 heterocycles. The number of hydrogen-bond acceptors (Lipinski definition) is 3. The quantitative estimate of drug-likeness (QED) is 0.487. The van der Waals surface area contributed by atoms with E-state index in [1.807, 2.05) is 25.1 Å². The number of carbonyl (C=O) groups is 1. The van der Waals surface area contributed by atoms with Gasteiger partial charge in [-0.15, -0.1) is 0 Å². The highest BCUT2D eigenvalue weighted by Gasteiger charge is 2.25. The Hall–Kier alpha value is -1.85. The molecular formula is C23H33ClN2O3. The molecule has 1 aromatic heterocycles. The van der Waals surface area contributed by atoms with Crippen molar-refractivity contribution in [1.82, 2.24) is 9.78 Å². The second-order valence-electron chi connectivity index (χ2n) is 8.38. The first-order valence-electron chi connectivity index (χ1n) is 10.3. The number of aromatic carboxylic acids is 1. The van der Waals surface area contributed by atoms with Crippen molar-refractivity contribution in [2.24, 2.45) is 5.92 Å². The standard InChI is InChI=1S/C23H33ClN2O3/c1-6-9-20-21(22(27)28)19(14-16(2)10-8-13-23(3,4)29-5)25-26(20)18-12-7-11-17(24)15-18/h7,11-12,15-16H,6,8-10,13-14H2,1-5H3,(H,27,28). The van der Waals surface area contributed by atoms with Crippen molar-refractivity contribution in [3.8, 4) is 5.69 Å². The van der Waals surface area contributed by atoms with Crippen molar-refractivity contribution in [1.29, 1.82) is 0 Å². The van der Waals surface area contributed by atoms with Gasteiger partial charge in [0.05, 0.1) is 22.7 Å². The van der Waals surface area contributed by atoms with E-state index < -0.39 is 5.97 Å². The first kappa shape index (κ1) is 23.4. The molecular weight excluding hydrogens is 388 g/mol. The molecule has 0 aliphatic heterocycles. The lowest BCUT2D eigenvalue weighted by Gasteiger charge is -2.23. The van der Waals surface area contributed by atoms with Crippen LogP contribution in [0.15, 0.2) is 24.3 Å². The summed E-state index contributed by atoms with van der Waals surface area (Å²) in [6.07, 6.45) is 5.13. The molecule has 1 atom stereocenters.